The fourth-order valence-electron chi connectivity index (χ4n) is 4.43. The minimum Gasteiger partial charge on any atom is -0.346 e. The molecule has 1 unspecified atom stereocenters. The van der Waals surface area contributed by atoms with E-state index in [0.717, 1.165) is 41.3 Å². The zero-order chi connectivity index (χ0) is 23.7. The first-order valence-corrected chi connectivity index (χ1v) is 11.3. The van der Waals surface area contributed by atoms with Gasteiger partial charge in [0.25, 0.3) is 5.91 Å². The molecule has 34 heavy (non-hydrogen) atoms. The molecule has 1 aliphatic rings. The van der Waals surface area contributed by atoms with Gasteiger partial charge in [0, 0.05) is 56.1 Å². The zero-order valence-corrected chi connectivity index (χ0v) is 18.8. The van der Waals surface area contributed by atoms with E-state index < -0.39 is 17.5 Å². The van der Waals surface area contributed by atoms with Crippen LogP contribution in [-0.4, -0.2) is 73.2 Å². The van der Waals surface area contributed by atoms with Crippen LogP contribution >= 0.6 is 0 Å². The van der Waals surface area contributed by atoms with Gasteiger partial charge in [-0.3, -0.25) is 14.4 Å². The Morgan fingerprint density at radius 2 is 1.97 bits per heavy atom. The number of amides is 1. The van der Waals surface area contributed by atoms with E-state index in [9.17, 15) is 13.6 Å². The highest BCUT2D eigenvalue weighted by Gasteiger charge is 2.26. The van der Waals surface area contributed by atoms with E-state index in [1.807, 2.05) is 29.3 Å². The predicted molar refractivity (Wildman–Crippen MR) is 123 cm³/mol. The molecule has 176 valence electrons. The third-order valence-corrected chi connectivity index (χ3v) is 6.38. The van der Waals surface area contributed by atoms with Crippen molar-refractivity contribution in [3.8, 4) is 11.3 Å². The van der Waals surface area contributed by atoms with E-state index in [4.69, 9.17) is 0 Å². The zero-order valence-electron chi connectivity index (χ0n) is 18.8. The van der Waals surface area contributed by atoms with E-state index in [0.29, 0.717) is 26.2 Å². The monoisotopic (exact) mass is 465 g/mol. The number of halogens is 2. The van der Waals surface area contributed by atoms with Crippen LogP contribution in [0.2, 0.25) is 0 Å². The second kappa shape index (κ2) is 9.30. The van der Waals surface area contributed by atoms with Crippen LogP contribution in [0, 0.1) is 11.6 Å². The third kappa shape index (κ3) is 4.16. The molecule has 0 saturated carbocycles. The van der Waals surface area contributed by atoms with Gasteiger partial charge in [-0.05, 0) is 24.6 Å². The summed E-state index contributed by atoms with van der Waals surface area (Å²) < 4.78 is 29.5. The fraction of sp³-hybridized carbons (Fsp3) is 0.333. The topological polar surface area (TPSA) is 82.9 Å². The number of nitrogens with one attached hydrogen (secondary N) is 1. The van der Waals surface area contributed by atoms with Gasteiger partial charge < -0.3 is 9.88 Å². The molecule has 1 saturated heterocycles. The minimum atomic E-state index is -1.09. The molecular weight excluding hydrogens is 440 g/mol. The number of benzene rings is 1. The molecule has 8 nitrogen and oxygen atoms in total. The van der Waals surface area contributed by atoms with Gasteiger partial charge in [0.15, 0.2) is 11.6 Å². The highest BCUT2D eigenvalue weighted by Crippen LogP contribution is 2.26. The molecule has 4 aromatic rings. The van der Waals surface area contributed by atoms with Crippen molar-refractivity contribution in [1.82, 2.24) is 34.5 Å². The van der Waals surface area contributed by atoms with Crippen molar-refractivity contribution in [1.29, 1.82) is 0 Å². The fourth-order valence-corrected chi connectivity index (χ4v) is 4.43. The first-order valence-electron chi connectivity index (χ1n) is 11.3. The van der Waals surface area contributed by atoms with Crippen LogP contribution in [0.15, 0.2) is 49.2 Å². The van der Waals surface area contributed by atoms with Crippen molar-refractivity contribution in [2.45, 2.75) is 19.4 Å². The van der Waals surface area contributed by atoms with E-state index >= 15 is 0 Å². The molecule has 1 atom stereocenters. The maximum atomic E-state index is 14.0. The highest BCUT2D eigenvalue weighted by atomic mass is 19.2. The van der Waals surface area contributed by atoms with E-state index in [2.05, 4.69) is 31.9 Å². The second-order valence-corrected chi connectivity index (χ2v) is 8.43. The van der Waals surface area contributed by atoms with Crippen LogP contribution in [0.1, 0.15) is 29.7 Å². The summed E-state index contributed by atoms with van der Waals surface area (Å²) in [7, 11) is 0. The molecular formula is C24H25F2N7O. The number of carbonyl (C=O) groups excluding carboxylic acids is 1. The molecule has 0 bridgehead atoms. The summed E-state index contributed by atoms with van der Waals surface area (Å²) in [6.45, 7) is 5.13. The lowest BCUT2D eigenvalue weighted by atomic mass is 10.1. The number of aromatic amines is 1. The van der Waals surface area contributed by atoms with E-state index in [-0.39, 0.29) is 11.6 Å². The summed E-state index contributed by atoms with van der Waals surface area (Å²) in [6.07, 6.45) is 8.10. The van der Waals surface area contributed by atoms with Crippen LogP contribution in [0.25, 0.3) is 22.3 Å². The molecule has 0 aliphatic carbocycles. The summed E-state index contributed by atoms with van der Waals surface area (Å²) in [5.41, 5.74) is 2.34. The van der Waals surface area contributed by atoms with Gasteiger partial charge in [-0.1, -0.05) is 13.0 Å². The summed E-state index contributed by atoms with van der Waals surface area (Å²) in [4.78, 5) is 28.3. The minimum absolute atomic E-state index is 0.153. The number of hydrogen-bond donors (Lipinski definition) is 1. The average Bonchev–Trinajstić information content (AvgIpc) is 3.54. The molecule has 0 spiro atoms. The number of fused-ring (bicyclic) bond motifs is 1. The molecule has 1 N–H and O–H groups in total. The van der Waals surface area contributed by atoms with Crippen LogP contribution in [0.3, 0.4) is 0 Å². The largest absolute Gasteiger partial charge is 0.346 e. The van der Waals surface area contributed by atoms with Crippen LogP contribution < -0.4 is 0 Å². The number of H-pyrrole nitrogens is 1. The number of piperazine rings is 1. The van der Waals surface area contributed by atoms with Crippen LogP contribution in [0.4, 0.5) is 8.78 Å². The highest BCUT2D eigenvalue weighted by molar-refractivity contribution is 5.94. The standard InChI is InChI=1S/C24H25F2N7O/c1-2-17(33-13-16(12-30-33)22-19-6-7-27-23(19)29-15-28-22)14-31-8-10-32(11-9-31)24(34)18-4-3-5-20(25)21(18)26/h3-7,12-13,15,17H,2,8-11,14H2,1H3,(H,27,28,29). The summed E-state index contributed by atoms with van der Waals surface area (Å²) in [5.74, 6) is -2.56. The summed E-state index contributed by atoms with van der Waals surface area (Å²) in [5, 5.41) is 5.55. The third-order valence-electron chi connectivity index (χ3n) is 6.38. The van der Waals surface area contributed by atoms with Crippen LogP contribution in [0.5, 0.6) is 0 Å². The lowest BCUT2D eigenvalue weighted by Crippen LogP contribution is -2.50. The van der Waals surface area contributed by atoms with Gasteiger partial charge in [0.2, 0.25) is 0 Å². The van der Waals surface area contributed by atoms with E-state index in [1.54, 1.807) is 11.2 Å². The summed E-state index contributed by atoms with van der Waals surface area (Å²) in [6, 6.07) is 5.81. The smallest absolute Gasteiger partial charge is 0.257 e. The molecule has 1 fully saturated rings. The van der Waals surface area contributed by atoms with Gasteiger partial charge in [0.1, 0.15) is 12.0 Å². The van der Waals surface area contributed by atoms with Crippen molar-refractivity contribution in [3.05, 3.63) is 66.4 Å². The lowest BCUT2D eigenvalue weighted by Gasteiger charge is -2.36. The Bertz CT molecular complexity index is 1310. The molecule has 0 radical (unpaired) electrons. The molecule has 1 aromatic carbocycles. The number of rotatable bonds is 6. The molecule has 1 amide bonds. The van der Waals surface area contributed by atoms with E-state index in [1.165, 1.54) is 12.1 Å². The van der Waals surface area contributed by atoms with Crippen molar-refractivity contribution >= 4 is 16.9 Å². The Hall–Kier alpha value is -3.66. The molecule has 5 rings (SSSR count). The second-order valence-electron chi connectivity index (χ2n) is 8.43. The average molecular weight is 466 g/mol. The van der Waals surface area contributed by atoms with Gasteiger partial charge in [-0.25, -0.2) is 18.7 Å². The SMILES string of the molecule is CCC(CN1CCN(C(=O)c2cccc(F)c2F)CC1)n1cc(-c2ncnc3[nH]ccc23)cn1. The number of hydrogen-bond acceptors (Lipinski definition) is 5. The van der Waals surface area contributed by atoms with Crippen molar-refractivity contribution in [3.63, 3.8) is 0 Å². The number of nitrogens with zero attached hydrogens (tertiary/aromatic N) is 6. The first kappa shape index (κ1) is 22.1. The Morgan fingerprint density at radius 1 is 1.15 bits per heavy atom. The maximum absolute atomic E-state index is 14.0. The van der Waals surface area contributed by atoms with Gasteiger partial charge >= 0.3 is 0 Å². The van der Waals surface area contributed by atoms with Crippen LogP contribution in [-0.2, 0) is 0 Å². The van der Waals surface area contributed by atoms with Gasteiger partial charge in [-0.15, -0.1) is 0 Å². The molecule has 1 aliphatic heterocycles. The lowest BCUT2D eigenvalue weighted by molar-refractivity contribution is 0.0610. The molecule has 10 heteroatoms. The number of carbonyl (C=O) groups is 1. The maximum Gasteiger partial charge on any atom is 0.257 e. The Labute approximate surface area is 195 Å². The predicted octanol–water partition coefficient (Wildman–Crippen LogP) is 3.51. The first-order chi connectivity index (χ1) is 16.5. The Morgan fingerprint density at radius 3 is 2.76 bits per heavy atom. The quantitative estimate of drug-likeness (QED) is 0.471. The molecule has 3 aromatic heterocycles. The molecule has 4 heterocycles. The van der Waals surface area contributed by atoms with Crippen molar-refractivity contribution in [2.24, 2.45) is 0 Å². The Balaban J connectivity index is 1.23. The number of aromatic nitrogens is 5. The van der Waals surface area contributed by atoms with Gasteiger partial charge in [0.05, 0.1) is 23.5 Å². The van der Waals surface area contributed by atoms with Gasteiger partial charge in [-0.2, -0.15) is 5.10 Å². The van der Waals surface area contributed by atoms with Crippen molar-refractivity contribution < 1.29 is 13.6 Å². The summed E-state index contributed by atoms with van der Waals surface area (Å²) >= 11 is 0. The Kier molecular flexibility index (Phi) is 6.06. The normalized spacial score (nSPS) is 15.7. The van der Waals surface area contributed by atoms with Crippen molar-refractivity contribution in [2.75, 3.05) is 32.7 Å².